The summed E-state index contributed by atoms with van der Waals surface area (Å²) in [6.07, 6.45) is 0.563. The maximum atomic E-state index is 11.5. The highest BCUT2D eigenvalue weighted by Crippen LogP contribution is 2.26. The number of sulfone groups is 1. The lowest BCUT2D eigenvalue weighted by atomic mass is 10.3. The second kappa shape index (κ2) is 4.75. The van der Waals surface area contributed by atoms with Crippen LogP contribution >= 0.6 is 0 Å². The Morgan fingerprint density at radius 3 is 2.61 bits per heavy atom. The van der Waals surface area contributed by atoms with Crippen molar-refractivity contribution in [3.8, 4) is 0 Å². The van der Waals surface area contributed by atoms with Gasteiger partial charge in [-0.15, -0.1) is 5.10 Å². The predicted octanol–water partition coefficient (Wildman–Crippen LogP) is 0.0661. The molecule has 102 valence electrons. The fraction of sp³-hybridized carbons (Fsp3) is 0.800. The Morgan fingerprint density at radius 2 is 2.11 bits per heavy atom. The Balaban J connectivity index is 2.25. The first kappa shape index (κ1) is 13.1. The molecule has 0 radical (unpaired) electrons. The molecule has 1 aromatic heterocycles. The SMILES string of the molecule is CCN(CC)c1nc(N)n(C2CCS(=O)(=O)C2)n1. The largest absolute Gasteiger partial charge is 0.368 e. The number of nitrogen functional groups attached to an aromatic ring is 1. The third-order valence-electron chi connectivity index (χ3n) is 3.25. The van der Waals surface area contributed by atoms with Crippen LogP contribution in [0.1, 0.15) is 26.3 Å². The van der Waals surface area contributed by atoms with Crippen LogP contribution in [0.3, 0.4) is 0 Å². The molecule has 0 aliphatic carbocycles. The van der Waals surface area contributed by atoms with Gasteiger partial charge in [0.25, 0.3) is 0 Å². The molecule has 0 saturated carbocycles. The predicted molar refractivity (Wildman–Crippen MR) is 70.3 cm³/mol. The fourth-order valence-corrected chi connectivity index (χ4v) is 3.89. The average molecular weight is 273 g/mol. The van der Waals surface area contributed by atoms with Crippen molar-refractivity contribution in [3.63, 3.8) is 0 Å². The van der Waals surface area contributed by atoms with Gasteiger partial charge in [0.05, 0.1) is 17.5 Å². The van der Waals surface area contributed by atoms with E-state index in [0.29, 0.717) is 18.3 Å². The van der Waals surface area contributed by atoms with Gasteiger partial charge in [-0.25, -0.2) is 13.1 Å². The highest BCUT2D eigenvalue weighted by molar-refractivity contribution is 7.91. The topological polar surface area (TPSA) is 94.1 Å². The summed E-state index contributed by atoms with van der Waals surface area (Å²) in [5.74, 6) is 1.18. The van der Waals surface area contributed by atoms with Gasteiger partial charge in [0, 0.05) is 13.1 Å². The van der Waals surface area contributed by atoms with Gasteiger partial charge in [-0.05, 0) is 20.3 Å². The summed E-state index contributed by atoms with van der Waals surface area (Å²) < 4.78 is 24.5. The van der Waals surface area contributed by atoms with Gasteiger partial charge in [-0.2, -0.15) is 4.98 Å². The Labute approximate surface area is 107 Å². The molecule has 0 amide bonds. The van der Waals surface area contributed by atoms with Crippen LogP contribution in [0.15, 0.2) is 0 Å². The Kier molecular flexibility index (Phi) is 3.47. The van der Waals surface area contributed by atoms with Gasteiger partial charge in [0.15, 0.2) is 9.84 Å². The van der Waals surface area contributed by atoms with Crippen molar-refractivity contribution in [1.82, 2.24) is 14.8 Å². The van der Waals surface area contributed by atoms with Crippen molar-refractivity contribution in [1.29, 1.82) is 0 Å². The molecule has 1 fully saturated rings. The van der Waals surface area contributed by atoms with Crippen LogP contribution in [0.5, 0.6) is 0 Å². The molecule has 1 aliphatic rings. The van der Waals surface area contributed by atoms with Crippen LogP contribution in [0.25, 0.3) is 0 Å². The summed E-state index contributed by atoms with van der Waals surface area (Å²) >= 11 is 0. The Morgan fingerprint density at radius 1 is 1.44 bits per heavy atom. The molecule has 2 N–H and O–H groups in total. The first-order chi connectivity index (χ1) is 8.46. The van der Waals surface area contributed by atoms with E-state index in [-0.39, 0.29) is 17.5 Å². The second-order valence-electron chi connectivity index (χ2n) is 4.44. The van der Waals surface area contributed by atoms with E-state index in [4.69, 9.17) is 5.73 Å². The van der Waals surface area contributed by atoms with Crippen molar-refractivity contribution in [3.05, 3.63) is 0 Å². The van der Waals surface area contributed by atoms with E-state index < -0.39 is 9.84 Å². The molecule has 1 atom stereocenters. The molecule has 18 heavy (non-hydrogen) atoms. The zero-order valence-electron chi connectivity index (χ0n) is 10.7. The minimum atomic E-state index is -2.94. The Hall–Kier alpha value is -1.31. The van der Waals surface area contributed by atoms with Crippen LogP contribution in [-0.4, -0.2) is 47.8 Å². The summed E-state index contributed by atoms with van der Waals surface area (Å²) in [5.41, 5.74) is 5.82. The highest BCUT2D eigenvalue weighted by atomic mass is 32.2. The summed E-state index contributed by atoms with van der Waals surface area (Å²) in [7, 11) is -2.94. The van der Waals surface area contributed by atoms with Gasteiger partial charge in [-0.3, -0.25) is 0 Å². The van der Waals surface area contributed by atoms with Gasteiger partial charge >= 0.3 is 0 Å². The summed E-state index contributed by atoms with van der Waals surface area (Å²) in [6.45, 7) is 5.62. The van der Waals surface area contributed by atoms with Gasteiger partial charge in [0.2, 0.25) is 11.9 Å². The summed E-state index contributed by atoms with van der Waals surface area (Å²) in [5, 5.41) is 4.34. The standard InChI is InChI=1S/C10H19N5O2S/c1-3-14(4-2)10-12-9(11)15(13-10)8-5-6-18(16,17)7-8/h8H,3-7H2,1-2H3,(H2,11,12,13). The van der Waals surface area contributed by atoms with Crippen molar-refractivity contribution in [2.45, 2.75) is 26.3 Å². The van der Waals surface area contributed by atoms with Crippen LogP contribution in [0, 0.1) is 0 Å². The normalized spacial score (nSPS) is 22.2. The van der Waals surface area contributed by atoms with Crippen LogP contribution in [-0.2, 0) is 9.84 Å². The number of hydrogen-bond donors (Lipinski definition) is 1. The third kappa shape index (κ3) is 2.43. The summed E-state index contributed by atoms with van der Waals surface area (Å²) in [4.78, 5) is 6.19. The molecule has 8 heteroatoms. The molecule has 1 saturated heterocycles. The molecular weight excluding hydrogens is 254 g/mol. The first-order valence-corrected chi connectivity index (χ1v) is 7.96. The van der Waals surface area contributed by atoms with Gasteiger partial charge in [0.1, 0.15) is 0 Å². The maximum Gasteiger partial charge on any atom is 0.246 e. The molecular formula is C10H19N5O2S. The van der Waals surface area contributed by atoms with Crippen LogP contribution in [0.2, 0.25) is 0 Å². The molecule has 2 rings (SSSR count). The number of rotatable bonds is 4. The van der Waals surface area contributed by atoms with Crippen LogP contribution < -0.4 is 10.6 Å². The minimum Gasteiger partial charge on any atom is -0.368 e. The number of nitrogens with two attached hydrogens (primary N) is 1. The zero-order valence-corrected chi connectivity index (χ0v) is 11.5. The number of hydrogen-bond acceptors (Lipinski definition) is 6. The van der Waals surface area contributed by atoms with E-state index in [0.717, 1.165) is 13.1 Å². The van der Waals surface area contributed by atoms with E-state index in [2.05, 4.69) is 10.1 Å². The molecule has 7 nitrogen and oxygen atoms in total. The van der Waals surface area contributed by atoms with Crippen molar-refractivity contribution in [2.75, 3.05) is 35.2 Å². The first-order valence-electron chi connectivity index (χ1n) is 6.14. The van der Waals surface area contributed by atoms with Crippen LogP contribution in [0.4, 0.5) is 11.9 Å². The smallest absolute Gasteiger partial charge is 0.246 e. The average Bonchev–Trinajstić information content (AvgIpc) is 2.84. The van der Waals surface area contributed by atoms with E-state index in [1.165, 1.54) is 0 Å². The molecule has 0 aromatic carbocycles. The van der Waals surface area contributed by atoms with Crippen molar-refractivity contribution >= 4 is 21.7 Å². The number of nitrogens with zero attached hydrogens (tertiary/aromatic N) is 4. The monoisotopic (exact) mass is 273 g/mol. The zero-order chi connectivity index (χ0) is 13.3. The number of aromatic nitrogens is 3. The van der Waals surface area contributed by atoms with E-state index in [9.17, 15) is 8.42 Å². The van der Waals surface area contributed by atoms with Crippen molar-refractivity contribution in [2.24, 2.45) is 0 Å². The lowest BCUT2D eigenvalue weighted by molar-refractivity contribution is 0.505. The number of anilines is 2. The lowest BCUT2D eigenvalue weighted by Crippen LogP contribution is -2.23. The van der Waals surface area contributed by atoms with Crippen molar-refractivity contribution < 1.29 is 8.42 Å². The highest BCUT2D eigenvalue weighted by Gasteiger charge is 2.31. The lowest BCUT2D eigenvalue weighted by Gasteiger charge is -2.15. The molecule has 1 unspecified atom stereocenters. The van der Waals surface area contributed by atoms with E-state index >= 15 is 0 Å². The van der Waals surface area contributed by atoms with E-state index in [1.54, 1.807) is 4.68 Å². The fourth-order valence-electron chi connectivity index (χ4n) is 2.20. The minimum absolute atomic E-state index is 0.109. The molecule has 1 aliphatic heterocycles. The third-order valence-corrected chi connectivity index (χ3v) is 5.00. The molecule has 1 aromatic rings. The van der Waals surface area contributed by atoms with E-state index in [1.807, 2.05) is 18.7 Å². The van der Waals surface area contributed by atoms with Gasteiger partial charge in [-0.1, -0.05) is 0 Å². The van der Waals surface area contributed by atoms with Gasteiger partial charge < -0.3 is 10.6 Å². The molecule has 2 heterocycles. The molecule has 0 spiro atoms. The Bertz CT molecular complexity index is 520. The quantitative estimate of drug-likeness (QED) is 0.834. The molecule has 0 bridgehead atoms. The second-order valence-corrected chi connectivity index (χ2v) is 6.67. The maximum absolute atomic E-state index is 11.5. The summed E-state index contributed by atoms with van der Waals surface area (Å²) in [6, 6.07) is -0.174.